The second-order valence-electron chi connectivity index (χ2n) is 4.22. The molecule has 0 N–H and O–H groups in total. The van der Waals surface area contributed by atoms with Crippen molar-refractivity contribution in [2.75, 3.05) is 0 Å². The monoisotopic (exact) mass is 304 g/mol. The van der Waals surface area contributed by atoms with Crippen LogP contribution < -0.4 is 5.56 Å². The number of benzene rings is 1. The third kappa shape index (κ3) is 2.53. The molecule has 2 aromatic heterocycles. The van der Waals surface area contributed by atoms with Gasteiger partial charge in [0.15, 0.2) is 0 Å². The maximum absolute atomic E-state index is 12.4. The highest BCUT2D eigenvalue weighted by atomic mass is 35.5. The summed E-state index contributed by atoms with van der Waals surface area (Å²) in [6.45, 7) is 0. The number of thiazole rings is 1. The Morgan fingerprint density at radius 2 is 1.90 bits per heavy atom. The minimum Gasteiger partial charge on any atom is -0.318 e. The molecule has 3 aromatic rings. The van der Waals surface area contributed by atoms with Gasteiger partial charge in [-0.05, 0) is 17.2 Å². The van der Waals surface area contributed by atoms with Gasteiger partial charge in [0.25, 0.3) is 5.56 Å². The van der Waals surface area contributed by atoms with Crippen molar-refractivity contribution in [2.24, 2.45) is 7.05 Å². The summed E-state index contributed by atoms with van der Waals surface area (Å²) in [6.07, 6.45) is 3.52. The maximum Gasteiger partial charge on any atom is 0.261 e. The molecule has 0 aliphatic heterocycles. The summed E-state index contributed by atoms with van der Waals surface area (Å²) in [6, 6.07) is 11.9. The van der Waals surface area contributed by atoms with Gasteiger partial charge in [-0.15, -0.1) is 23.7 Å². The predicted octanol–water partition coefficient (Wildman–Crippen LogP) is 3.60. The lowest BCUT2D eigenvalue weighted by molar-refractivity contribution is 0.863. The van der Waals surface area contributed by atoms with E-state index in [1.807, 2.05) is 41.8 Å². The van der Waals surface area contributed by atoms with E-state index in [0.717, 1.165) is 16.1 Å². The fourth-order valence-electron chi connectivity index (χ4n) is 2.04. The first-order chi connectivity index (χ1) is 9.27. The van der Waals surface area contributed by atoms with Gasteiger partial charge in [-0.2, -0.15) is 0 Å². The molecule has 0 atom stereocenters. The number of halogens is 1. The summed E-state index contributed by atoms with van der Waals surface area (Å²) in [7, 11) is 1.76. The van der Waals surface area contributed by atoms with E-state index < -0.39 is 0 Å². The van der Waals surface area contributed by atoms with E-state index in [0.29, 0.717) is 5.56 Å². The van der Waals surface area contributed by atoms with Gasteiger partial charge < -0.3 is 4.57 Å². The number of hydrogen-bond donors (Lipinski definition) is 0. The number of aryl methyl sites for hydroxylation is 1. The first-order valence-corrected chi connectivity index (χ1v) is 6.80. The van der Waals surface area contributed by atoms with Crippen LogP contribution in [-0.4, -0.2) is 9.55 Å². The van der Waals surface area contributed by atoms with E-state index in [2.05, 4.69) is 4.98 Å². The Kier molecular flexibility index (Phi) is 4.37. The molecule has 0 amide bonds. The molecule has 0 bridgehead atoms. The average molecular weight is 305 g/mol. The van der Waals surface area contributed by atoms with Gasteiger partial charge in [0.05, 0.1) is 5.56 Å². The van der Waals surface area contributed by atoms with E-state index in [-0.39, 0.29) is 18.0 Å². The van der Waals surface area contributed by atoms with Crippen molar-refractivity contribution in [3.8, 4) is 21.7 Å². The Morgan fingerprint density at radius 1 is 1.15 bits per heavy atom. The smallest absolute Gasteiger partial charge is 0.261 e. The molecule has 20 heavy (non-hydrogen) atoms. The van der Waals surface area contributed by atoms with Gasteiger partial charge in [-0.1, -0.05) is 30.3 Å². The zero-order valence-electron chi connectivity index (χ0n) is 10.8. The molecule has 0 unspecified atom stereocenters. The van der Waals surface area contributed by atoms with Crippen molar-refractivity contribution >= 4 is 23.7 Å². The van der Waals surface area contributed by atoms with Crippen LogP contribution in [-0.2, 0) is 7.05 Å². The Balaban J connectivity index is 0.00000147. The summed E-state index contributed by atoms with van der Waals surface area (Å²) in [5.41, 5.74) is 2.62. The summed E-state index contributed by atoms with van der Waals surface area (Å²) >= 11 is 1.48. The van der Waals surface area contributed by atoms with Crippen LogP contribution in [0.1, 0.15) is 0 Å². The average Bonchev–Trinajstić information content (AvgIpc) is 2.96. The van der Waals surface area contributed by atoms with Crippen LogP contribution in [0.25, 0.3) is 21.7 Å². The van der Waals surface area contributed by atoms with E-state index in [1.54, 1.807) is 24.0 Å². The first kappa shape index (κ1) is 14.5. The zero-order valence-corrected chi connectivity index (χ0v) is 12.4. The third-order valence-corrected chi connectivity index (χ3v) is 3.79. The van der Waals surface area contributed by atoms with Crippen LogP contribution in [0.4, 0.5) is 0 Å². The zero-order chi connectivity index (χ0) is 13.2. The van der Waals surface area contributed by atoms with E-state index in [1.165, 1.54) is 11.3 Å². The minimum absolute atomic E-state index is 0. The number of nitrogens with zero attached hydrogens (tertiary/aromatic N) is 2. The van der Waals surface area contributed by atoms with Crippen molar-refractivity contribution in [3.05, 3.63) is 64.5 Å². The van der Waals surface area contributed by atoms with Gasteiger partial charge in [0.1, 0.15) is 5.01 Å². The Hall–Kier alpha value is -1.91. The van der Waals surface area contributed by atoms with Gasteiger partial charge in [-0.3, -0.25) is 4.79 Å². The molecule has 2 heterocycles. The number of hydrogen-bond acceptors (Lipinski definition) is 3. The lowest BCUT2D eigenvalue weighted by Gasteiger charge is -2.08. The minimum atomic E-state index is -0.0173. The van der Waals surface area contributed by atoms with Crippen LogP contribution >= 0.6 is 23.7 Å². The third-order valence-electron chi connectivity index (χ3n) is 3.00. The fraction of sp³-hybridized carbons (Fsp3) is 0.0667. The van der Waals surface area contributed by atoms with Gasteiger partial charge in [0, 0.05) is 24.8 Å². The van der Waals surface area contributed by atoms with E-state index in [9.17, 15) is 4.79 Å². The van der Waals surface area contributed by atoms with Crippen LogP contribution in [0.15, 0.2) is 59.0 Å². The Bertz CT molecular complexity index is 751. The molecule has 5 heteroatoms. The van der Waals surface area contributed by atoms with Crippen molar-refractivity contribution in [1.82, 2.24) is 9.55 Å². The molecule has 1 aromatic carbocycles. The van der Waals surface area contributed by atoms with Crippen LogP contribution in [0.5, 0.6) is 0 Å². The molecule has 0 aliphatic rings. The van der Waals surface area contributed by atoms with E-state index in [4.69, 9.17) is 0 Å². The molecule has 0 fully saturated rings. The molecular weight excluding hydrogens is 292 g/mol. The molecule has 0 saturated heterocycles. The topological polar surface area (TPSA) is 34.9 Å². The van der Waals surface area contributed by atoms with Crippen LogP contribution in [0, 0.1) is 0 Å². The van der Waals surface area contributed by atoms with Crippen molar-refractivity contribution in [1.29, 1.82) is 0 Å². The molecule has 102 valence electrons. The SMILES string of the molecule is Cl.Cn1ccc(-c2ccccc2)c(-c2nccs2)c1=O. The highest BCUT2D eigenvalue weighted by Gasteiger charge is 2.14. The molecule has 0 aliphatic carbocycles. The first-order valence-electron chi connectivity index (χ1n) is 5.92. The highest BCUT2D eigenvalue weighted by molar-refractivity contribution is 7.13. The predicted molar refractivity (Wildman–Crippen MR) is 85.5 cm³/mol. The molecule has 3 nitrogen and oxygen atoms in total. The van der Waals surface area contributed by atoms with E-state index >= 15 is 0 Å². The standard InChI is InChI=1S/C15H12N2OS.ClH/c1-17-9-7-12(11-5-3-2-4-6-11)13(15(17)18)14-16-8-10-19-14;/h2-10H,1H3;1H. The lowest BCUT2D eigenvalue weighted by Crippen LogP contribution is -2.18. The van der Waals surface area contributed by atoms with Crippen molar-refractivity contribution < 1.29 is 0 Å². The molecule has 3 rings (SSSR count). The molecular formula is C15H13ClN2OS. The fourth-order valence-corrected chi connectivity index (χ4v) is 2.73. The van der Waals surface area contributed by atoms with Gasteiger partial charge in [0.2, 0.25) is 0 Å². The van der Waals surface area contributed by atoms with Crippen LogP contribution in [0.3, 0.4) is 0 Å². The number of pyridine rings is 1. The molecule has 0 spiro atoms. The number of aromatic nitrogens is 2. The second-order valence-corrected chi connectivity index (χ2v) is 5.12. The summed E-state index contributed by atoms with van der Waals surface area (Å²) in [5.74, 6) is 0. The summed E-state index contributed by atoms with van der Waals surface area (Å²) in [5, 5.41) is 2.65. The van der Waals surface area contributed by atoms with Gasteiger partial charge in [-0.25, -0.2) is 4.98 Å². The molecule has 0 radical (unpaired) electrons. The maximum atomic E-state index is 12.4. The quantitative estimate of drug-likeness (QED) is 0.725. The van der Waals surface area contributed by atoms with Crippen molar-refractivity contribution in [2.45, 2.75) is 0 Å². The highest BCUT2D eigenvalue weighted by Crippen LogP contribution is 2.29. The Labute approximate surface area is 127 Å². The normalized spacial score (nSPS) is 10.1. The number of rotatable bonds is 2. The molecule has 0 saturated carbocycles. The van der Waals surface area contributed by atoms with Crippen molar-refractivity contribution in [3.63, 3.8) is 0 Å². The van der Waals surface area contributed by atoms with Gasteiger partial charge >= 0.3 is 0 Å². The summed E-state index contributed by atoms with van der Waals surface area (Å²) in [4.78, 5) is 16.7. The summed E-state index contributed by atoms with van der Waals surface area (Å²) < 4.78 is 1.59. The largest absolute Gasteiger partial charge is 0.318 e. The Morgan fingerprint density at radius 3 is 2.55 bits per heavy atom. The lowest BCUT2D eigenvalue weighted by atomic mass is 10.0. The second kappa shape index (κ2) is 6.03. The van der Waals surface area contributed by atoms with Crippen LogP contribution in [0.2, 0.25) is 0 Å².